The summed E-state index contributed by atoms with van der Waals surface area (Å²) >= 11 is 12.0. The van der Waals surface area contributed by atoms with Crippen molar-refractivity contribution in [1.82, 2.24) is 5.32 Å². The zero-order valence-electron chi connectivity index (χ0n) is 12.0. The maximum atomic E-state index is 6.08. The van der Waals surface area contributed by atoms with Crippen LogP contribution >= 0.6 is 23.2 Å². The van der Waals surface area contributed by atoms with Gasteiger partial charge in [0.05, 0.1) is 10.0 Å². The molecule has 2 rings (SSSR count). The lowest BCUT2D eigenvalue weighted by Gasteiger charge is -2.22. The van der Waals surface area contributed by atoms with Crippen LogP contribution in [0.3, 0.4) is 0 Å². The van der Waals surface area contributed by atoms with Crippen LogP contribution in [-0.2, 0) is 0 Å². The fourth-order valence-electron chi connectivity index (χ4n) is 2.42. The zero-order valence-corrected chi connectivity index (χ0v) is 13.5. The van der Waals surface area contributed by atoms with Gasteiger partial charge in [0.15, 0.2) is 0 Å². The quantitative estimate of drug-likeness (QED) is 0.762. The van der Waals surface area contributed by atoms with Crippen molar-refractivity contribution < 1.29 is 0 Å². The second-order valence-electron chi connectivity index (χ2n) is 5.14. The van der Waals surface area contributed by atoms with Gasteiger partial charge in [0.1, 0.15) is 0 Å². The van der Waals surface area contributed by atoms with Gasteiger partial charge < -0.3 is 5.32 Å². The topological polar surface area (TPSA) is 12.0 Å². The van der Waals surface area contributed by atoms with Gasteiger partial charge in [-0.05, 0) is 49.6 Å². The molecule has 3 heteroatoms. The fraction of sp³-hybridized carbons (Fsp3) is 0.294. The summed E-state index contributed by atoms with van der Waals surface area (Å²) in [5.74, 6) is 0. The molecular weight excluding hydrogens is 289 g/mol. The Balaban J connectivity index is 2.13. The lowest BCUT2D eigenvalue weighted by atomic mass is 10.0. The molecule has 0 spiro atoms. The number of nitrogens with one attached hydrogen (secondary N) is 1. The highest BCUT2D eigenvalue weighted by atomic mass is 35.5. The molecule has 0 aliphatic carbocycles. The smallest absolute Gasteiger partial charge is 0.0595 e. The van der Waals surface area contributed by atoms with Crippen LogP contribution < -0.4 is 5.32 Å². The Morgan fingerprint density at radius 1 is 0.900 bits per heavy atom. The summed E-state index contributed by atoms with van der Waals surface area (Å²) < 4.78 is 0. The highest BCUT2D eigenvalue weighted by Gasteiger charge is 2.13. The molecule has 20 heavy (non-hydrogen) atoms. The van der Waals surface area contributed by atoms with Crippen molar-refractivity contribution in [3.05, 3.63) is 69.2 Å². The molecule has 2 atom stereocenters. The van der Waals surface area contributed by atoms with Gasteiger partial charge in [-0.25, -0.2) is 0 Å². The first-order valence-electron chi connectivity index (χ1n) is 6.75. The van der Waals surface area contributed by atoms with Crippen LogP contribution in [0.15, 0.2) is 42.5 Å². The summed E-state index contributed by atoms with van der Waals surface area (Å²) in [5, 5.41) is 4.79. The molecule has 0 saturated carbocycles. The number of halogens is 2. The van der Waals surface area contributed by atoms with Crippen LogP contribution in [0, 0.1) is 6.92 Å². The van der Waals surface area contributed by atoms with E-state index in [9.17, 15) is 0 Å². The highest BCUT2D eigenvalue weighted by molar-refractivity contribution is 6.42. The van der Waals surface area contributed by atoms with Gasteiger partial charge in [0.25, 0.3) is 0 Å². The van der Waals surface area contributed by atoms with Crippen LogP contribution in [0.2, 0.25) is 10.0 Å². The summed E-state index contributed by atoms with van der Waals surface area (Å²) in [6.45, 7) is 6.45. The molecule has 0 saturated heterocycles. The SMILES string of the molecule is Cc1ccccc1C(C)NC(C)c1ccc(Cl)c(Cl)c1. The Hall–Kier alpha value is -1.02. The molecule has 0 aromatic heterocycles. The van der Waals surface area contributed by atoms with Crippen molar-refractivity contribution in [2.45, 2.75) is 32.9 Å². The van der Waals surface area contributed by atoms with Crippen molar-refractivity contribution in [3.8, 4) is 0 Å². The van der Waals surface area contributed by atoms with Crippen LogP contribution in [0.25, 0.3) is 0 Å². The first-order chi connectivity index (χ1) is 9.49. The Kier molecular flexibility index (Phi) is 5.09. The molecule has 1 N–H and O–H groups in total. The van der Waals surface area contributed by atoms with E-state index < -0.39 is 0 Å². The van der Waals surface area contributed by atoms with E-state index in [1.165, 1.54) is 11.1 Å². The third-order valence-electron chi connectivity index (χ3n) is 3.60. The number of rotatable bonds is 4. The number of aryl methyl sites for hydroxylation is 1. The molecule has 0 heterocycles. The lowest BCUT2D eigenvalue weighted by molar-refractivity contribution is 0.493. The van der Waals surface area contributed by atoms with E-state index in [2.05, 4.69) is 50.4 Å². The monoisotopic (exact) mass is 307 g/mol. The molecule has 1 nitrogen and oxygen atoms in total. The predicted molar refractivity (Wildman–Crippen MR) is 87.6 cm³/mol. The van der Waals surface area contributed by atoms with Crippen LogP contribution in [0.4, 0.5) is 0 Å². The van der Waals surface area contributed by atoms with Crippen molar-refractivity contribution in [1.29, 1.82) is 0 Å². The Bertz CT molecular complexity index is 595. The molecule has 2 aromatic carbocycles. The van der Waals surface area contributed by atoms with E-state index in [-0.39, 0.29) is 12.1 Å². The first-order valence-corrected chi connectivity index (χ1v) is 7.51. The maximum absolute atomic E-state index is 6.08. The van der Waals surface area contributed by atoms with Gasteiger partial charge in [-0.2, -0.15) is 0 Å². The lowest BCUT2D eigenvalue weighted by Crippen LogP contribution is -2.23. The average Bonchev–Trinajstić information content (AvgIpc) is 2.42. The van der Waals surface area contributed by atoms with Gasteiger partial charge in [-0.3, -0.25) is 0 Å². The first kappa shape index (κ1) is 15.4. The minimum Gasteiger partial charge on any atom is -0.304 e. The van der Waals surface area contributed by atoms with Crippen LogP contribution in [0.1, 0.15) is 42.6 Å². The summed E-state index contributed by atoms with van der Waals surface area (Å²) in [6, 6.07) is 14.7. The van der Waals surface area contributed by atoms with Gasteiger partial charge in [-0.1, -0.05) is 53.5 Å². The normalized spacial score (nSPS) is 14.1. The Labute approximate surface area is 130 Å². The van der Waals surface area contributed by atoms with E-state index in [0.717, 1.165) is 5.56 Å². The molecule has 0 aliphatic heterocycles. The van der Waals surface area contributed by atoms with Crippen molar-refractivity contribution in [2.75, 3.05) is 0 Å². The summed E-state index contributed by atoms with van der Waals surface area (Å²) in [4.78, 5) is 0. The minimum atomic E-state index is 0.208. The number of hydrogen-bond acceptors (Lipinski definition) is 1. The summed E-state index contributed by atoms with van der Waals surface area (Å²) in [7, 11) is 0. The van der Waals surface area contributed by atoms with Crippen LogP contribution in [-0.4, -0.2) is 0 Å². The second kappa shape index (κ2) is 6.62. The van der Waals surface area contributed by atoms with E-state index in [4.69, 9.17) is 23.2 Å². The van der Waals surface area contributed by atoms with Crippen molar-refractivity contribution in [3.63, 3.8) is 0 Å². The molecule has 106 valence electrons. The third-order valence-corrected chi connectivity index (χ3v) is 4.34. The molecule has 0 radical (unpaired) electrons. The van der Waals surface area contributed by atoms with Crippen LogP contribution in [0.5, 0.6) is 0 Å². The molecule has 0 amide bonds. The molecule has 0 fully saturated rings. The molecular formula is C17H19Cl2N. The van der Waals surface area contributed by atoms with Gasteiger partial charge in [0.2, 0.25) is 0 Å². The average molecular weight is 308 g/mol. The molecule has 0 bridgehead atoms. The van der Waals surface area contributed by atoms with Gasteiger partial charge in [-0.15, -0.1) is 0 Å². The van der Waals surface area contributed by atoms with E-state index >= 15 is 0 Å². The largest absolute Gasteiger partial charge is 0.304 e. The van der Waals surface area contributed by atoms with E-state index in [1.54, 1.807) is 0 Å². The molecule has 2 aromatic rings. The summed E-state index contributed by atoms with van der Waals surface area (Å²) in [5.41, 5.74) is 3.76. The maximum Gasteiger partial charge on any atom is 0.0595 e. The van der Waals surface area contributed by atoms with E-state index in [0.29, 0.717) is 10.0 Å². The third kappa shape index (κ3) is 3.54. The van der Waals surface area contributed by atoms with Crippen molar-refractivity contribution >= 4 is 23.2 Å². The van der Waals surface area contributed by atoms with Crippen molar-refractivity contribution in [2.24, 2.45) is 0 Å². The Morgan fingerprint density at radius 3 is 2.25 bits per heavy atom. The fourth-order valence-corrected chi connectivity index (χ4v) is 2.72. The van der Waals surface area contributed by atoms with Gasteiger partial charge in [0, 0.05) is 12.1 Å². The minimum absolute atomic E-state index is 0.208. The molecule has 2 unspecified atom stereocenters. The summed E-state index contributed by atoms with van der Waals surface area (Å²) in [6.07, 6.45) is 0. The number of hydrogen-bond donors (Lipinski definition) is 1. The van der Waals surface area contributed by atoms with E-state index in [1.807, 2.05) is 18.2 Å². The zero-order chi connectivity index (χ0) is 14.7. The predicted octanol–water partition coefficient (Wildman–Crippen LogP) is 5.71. The highest BCUT2D eigenvalue weighted by Crippen LogP contribution is 2.27. The molecule has 0 aliphatic rings. The standard InChI is InChI=1S/C17H19Cl2N/c1-11-6-4-5-7-15(11)13(3)20-12(2)14-8-9-16(18)17(19)10-14/h4-10,12-13,20H,1-3H3. The van der Waals surface area contributed by atoms with Gasteiger partial charge >= 0.3 is 0 Å². The Morgan fingerprint density at radius 2 is 1.60 bits per heavy atom. The second-order valence-corrected chi connectivity index (χ2v) is 5.95. The number of benzene rings is 2.